The van der Waals surface area contributed by atoms with Crippen LogP contribution in [0.3, 0.4) is 0 Å². The number of carbonyl (C=O) groups excluding carboxylic acids is 1. The van der Waals surface area contributed by atoms with Crippen molar-refractivity contribution in [3.05, 3.63) is 57.3 Å². The van der Waals surface area contributed by atoms with Gasteiger partial charge in [0.1, 0.15) is 16.3 Å². The predicted octanol–water partition coefficient (Wildman–Crippen LogP) is 5.30. The standard InChI is InChI=1S/C28H32N4O3S/c1-17(2)23-11-19-12-26(35-9-7-18-5-6-18)21(28-29-8-10-36-28)13-20(19)24-14-25(33)22(15-32(23)24)27(34)30-16-31(3)4/h8,10,12-18,23H,5-7,9,11H2,1-4H3. The fourth-order valence-corrected chi connectivity index (χ4v) is 5.39. The minimum atomic E-state index is -0.528. The van der Waals surface area contributed by atoms with Crippen molar-refractivity contribution < 1.29 is 9.53 Å². The highest BCUT2D eigenvalue weighted by molar-refractivity contribution is 7.13. The van der Waals surface area contributed by atoms with Crippen molar-refractivity contribution >= 4 is 23.6 Å². The minimum absolute atomic E-state index is 0.0890. The highest BCUT2D eigenvalue weighted by Crippen LogP contribution is 2.43. The minimum Gasteiger partial charge on any atom is -0.493 e. The van der Waals surface area contributed by atoms with E-state index in [9.17, 15) is 9.59 Å². The average molecular weight is 505 g/mol. The number of hydrogen-bond acceptors (Lipinski definition) is 5. The molecule has 5 rings (SSSR count). The summed E-state index contributed by atoms with van der Waals surface area (Å²) in [5, 5.41) is 2.85. The fourth-order valence-electron chi connectivity index (χ4n) is 4.73. The number of ether oxygens (including phenoxy) is 1. The van der Waals surface area contributed by atoms with Gasteiger partial charge in [-0.3, -0.25) is 9.59 Å². The third-order valence-electron chi connectivity index (χ3n) is 6.90. The maximum absolute atomic E-state index is 13.1. The molecule has 1 aliphatic heterocycles. The first kappa shape index (κ1) is 24.4. The summed E-state index contributed by atoms with van der Waals surface area (Å²) in [5.74, 6) is 1.42. The molecule has 1 saturated carbocycles. The van der Waals surface area contributed by atoms with Crippen molar-refractivity contribution in [1.82, 2.24) is 14.5 Å². The molecule has 1 unspecified atom stereocenters. The quantitative estimate of drug-likeness (QED) is 0.307. The van der Waals surface area contributed by atoms with E-state index in [1.165, 1.54) is 19.2 Å². The normalized spacial score (nSPS) is 16.8. The molecule has 1 aliphatic carbocycles. The number of aliphatic imine (C=N–C) groups is 1. The zero-order valence-electron chi connectivity index (χ0n) is 21.2. The van der Waals surface area contributed by atoms with Crippen LogP contribution in [0.5, 0.6) is 5.75 Å². The van der Waals surface area contributed by atoms with Crippen molar-refractivity contribution in [3.63, 3.8) is 0 Å². The van der Waals surface area contributed by atoms with E-state index in [1.54, 1.807) is 48.8 Å². The lowest BCUT2D eigenvalue weighted by molar-refractivity contribution is 0.1000. The Balaban J connectivity index is 1.61. The van der Waals surface area contributed by atoms with Crippen molar-refractivity contribution in [2.45, 2.75) is 45.6 Å². The summed E-state index contributed by atoms with van der Waals surface area (Å²) in [6.07, 6.45) is 9.39. The first-order valence-electron chi connectivity index (χ1n) is 12.5. The van der Waals surface area contributed by atoms with Crippen LogP contribution >= 0.6 is 11.3 Å². The van der Waals surface area contributed by atoms with Gasteiger partial charge in [-0.15, -0.1) is 11.3 Å². The molecule has 1 fully saturated rings. The molecule has 3 aromatic rings. The number of carbonyl (C=O) groups is 1. The molecule has 0 N–H and O–H groups in total. The van der Waals surface area contributed by atoms with Crippen LogP contribution < -0.4 is 10.2 Å². The summed E-state index contributed by atoms with van der Waals surface area (Å²) in [4.78, 5) is 36.0. The number of benzene rings is 1. The van der Waals surface area contributed by atoms with E-state index in [4.69, 9.17) is 4.74 Å². The Morgan fingerprint density at radius 3 is 2.75 bits per heavy atom. The third kappa shape index (κ3) is 5.00. The van der Waals surface area contributed by atoms with Crippen molar-refractivity contribution in [1.29, 1.82) is 0 Å². The molecule has 8 heteroatoms. The van der Waals surface area contributed by atoms with Crippen LogP contribution in [0.1, 0.15) is 55.1 Å². The van der Waals surface area contributed by atoms with E-state index in [0.29, 0.717) is 12.5 Å². The number of hydrogen-bond donors (Lipinski definition) is 0. The van der Waals surface area contributed by atoms with Crippen LogP contribution in [0.15, 0.2) is 45.8 Å². The second-order valence-corrected chi connectivity index (χ2v) is 11.2. The zero-order valence-corrected chi connectivity index (χ0v) is 22.0. The number of amides is 1. The fraction of sp³-hybridized carbons (Fsp3) is 0.429. The molecule has 0 radical (unpaired) electrons. The molecular formula is C28H32N4O3S. The molecule has 2 aromatic heterocycles. The van der Waals surface area contributed by atoms with E-state index >= 15 is 0 Å². The summed E-state index contributed by atoms with van der Waals surface area (Å²) in [7, 11) is 3.57. The van der Waals surface area contributed by atoms with Gasteiger partial charge in [-0.25, -0.2) is 4.98 Å². The molecule has 0 saturated heterocycles. The van der Waals surface area contributed by atoms with Gasteiger partial charge in [-0.2, -0.15) is 4.99 Å². The van der Waals surface area contributed by atoms with Crippen LogP contribution in [0, 0.1) is 11.8 Å². The second kappa shape index (κ2) is 10.0. The van der Waals surface area contributed by atoms with Gasteiger partial charge >= 0.3 is 0 Å². The molecule has 1 atom stereocenters. The van der Waals surface area contributed by atoms with Crippen molar-refractivity contribution in [3.8, 4) is 27.6 Å². The summed E-state index contributed by atoms with van der Waals surface area (Å²) < 4.78 is 8.41. The number of pyridine rings is 1. The second-order valence-electron chi connectivity index (χ2n) is 10.3. The number of rotatable bonds is 8. The number of thiazole rings is 1. The molecule has 1 aromatic carbocycles. The molecule has 0 spiro atoms. The van der Waals surface area contributed by atoms with E-state index in [-0.39, 0.29) is 17.0 Å². The number of aromatic nitrogens is 2. The van der Waals surface area contributed by atoms with Crippen molar-refractivity contribution in [2.24, 2.45) is 16.8 Å². The lowest BCUT2D eigenvalue weighted by Crippen LogP contribution is -2.28. The largest absolute Gasteiger partial charge is 0.493 e. The number of nitrogens with zero attached hydrogens (tertiary/aromatic N) is 4. The van der Waals surface area contributed by atoms with E-state index in [0.717, 1.165) is 51.9 Å². The zero-order chi connectivity index (χ0) is 25.4. The van der Waals surface area contributed by atoms with Gasteiger partial charge in [0.25, 0.3) is 5.91 Å². The molecule has 36 heavy (non-hydrogen) atoms. The Labute approximate surface area is 215 Å². The topological polar surface area (TPSA) is 76.8 Å². The first-order valence-corrected chi connectivity index (χ1v) is 13.4. The Morgan fingerprint density at radius 1 is 1.28 bits per heavy atom. The van der Waals surface area contributed by atoms with Gasteiger partial charge in [0.15, 0.2) is 5.43 Å². The average Bonchev–Trinajstić information content (AvgIpc) is 3.51. The van der Waals surface area contributed by atoms with Gasteiger partial charge in [0.05, 0.1) is 24.2 Å². The van der Waals surface area contributed by atoms with E-state index in [2.05, 4.69) is 40.5 Å². The lowest BCUT2D eigenvalue weighted by atomic mass is 9.86. The van der Waals surface area contributed by atoms with E-state index in [1.807, 2.05) is 5.38 Å². The number of fused-ring (bicyclic) bond motifs is 3. The Kier molecular flexibility index (Phi) is 6.79. The maximum atomic E-state index is 13.1. The van der Waals surface area contributed by atoms with Gasteiger partial charge in [-0.05, 0) is 42.4 Å². The Morgan fingerprint density at radius 2 is 2.08 bits per heavy atom. The smallest absolute Gasteiger partial charge is 0.283 e. The highest BCUT2D eigenvalue weighted by Gasteiger charge is 2.30. The van der Waals surface area contributed by atoms with Crippen LogP contribution in [-0.4, -0.2) is 47.4 Å². The maximum Gasteiger partial charge on any atom is 0.283 e. The Bertz CT molecular complexity index is 1350. The molecular weight excluding hydrogens is 472 g/mol. The molecule has 7 nitrogen and oxygen atoms in total. The molecule has 188 valence electrons. The van der Waals surface area contributed by atoms with Gasteiger partial charge < -0.3 is 14.2 Å². The highest BCUT2D eigenvalue weighted by atomic mass is 32.1. The lowest BCUT2D eigenvalue weighted by Gasteiger charge is -2.34. The van der Waals surface area contributed by atoms with Crippen molar-refractivity contribution in [2.75, 3.05) is 20.7 Å². The summed E-state index contributed by atoms with van der Waals surface area (Å²) in [6.45, 7) is 5.03. The van der Waals surface area contributed by atoms with Gasteiger partial charge in [-0.1, -0.05) is 26.7 Å². The van der Waals surface area contributed by atoms with Gasteiger partial charge in [0, 0.05) is 49.5 Å². The van der Waals surface area contributed by atoms with E-state index < -0.39 is 5.91 Å². The molecule has 0 bridgehead atoms. The van der Waals surface area contributed by atoms with Crippen LogP contribution in [0.4, 0.5) is 0 Å². The van der Waals surface area contributed by atoms with Crippen LogP contribution in [0.2, 0.25) is 0 Å². The Hall–Kier alpha value is -3.26. The third-order valence-corrected chi connectivity index (χ3v) is 7.70. The predicted molar refractivity (Wildman–Crippen MR) is 144 cm³/mol. The summed E-state index contributed by atoms with van der Waals surface area (Å²) in [5.41, 5.74) is 3.66. The van der Waals surface area contributed by atoms with Gasteiger partial charge in [0.2, 0.25) is 0 Å². The first-order chi connectivity index (χ1) is 17.3. The molecule has 2 aliphatic rings. The SMILES string of the molecule is CC(C)C1Cc2cc(OCCC3CC3)c(-c3nccs3)cc2-c2cc(=O)c(C(=O)N=CN(C)C)cn21. The summed E-state index contributed by atoms with van der Waals surface area (Å²) >= 11 is 1.57. The van der Waals surface area contributed by atoms with Crippen LogP contribution in [0.25, 0.3) is 21.8 Å². The monoisotopic (exact) mass is 504 g/mol. The summed E-state index contributed by atoms with van der Waals surface area (Å²) in [6, 6.07) is 5.93. The van der Waals surface area contributed by atoms with Crippen LogP contribution in [-0.2, 0) is 6.42 Å². The molecule has 3 heterocycles. The molecule has 1 amide bonds.